The van der Waals surface area contributed by atoms with Gasteiger partial charge in [0.2, 0.25) is 5.91 Å². The minimum atomic E-state index is -0.540. The third-order valence-corrected chi connectivity index (χ3v) is 8.26. The van der Waals surface area contributed by atoms with Crippen LogP contribution in [-0.2, 0) is 4.79 Å². The van der Waals surface area contributed by atoms with E-state index in [0.29, 0.717) is 31.6 Å². The number of carbonyl (C=O) groups is 2. The summed E-state index contributed by atoms with van der Waals surface area (Å²) in [6.45, 7) is 5.89. The van der Waals surface area contributed by atoms with Crippen molar-refractivity contribution in [2.75, 3.05) is 52.9 Å². The number of piperazine rings is 1. The first kappa shape index (κ1) is 21.9. The van der Waals surface area contributed by atoms with Crippen LogP contribution in [0.3, 0.4) is 0 Å². The summed E-state index contributed by atoms with van der Waals surface area (Å²) in [6, 6.07) is -0.759. The van der Waals surface area contributed by atoms with Crippen molar-refractivity contribution in [3.8, 4) is 0 Å². The number of aliphatic hydroxyl groups is 1. The Kier molecular flexibility index (Phi) is 6.58. The summed E-state index contributed by atoms with van der Waals surface area (Å²) >= 11 is 0. The van der Waals surface area contributed by atoms with Gasteiger partial charge in [-0.1, -0.05) is 0 Å². The van der Waals surface area contributed by atoms with Crippen molar-refractivity contribution in [1.82, 2.24) is 20.0 Å². The molecule has 2 N–H and O–H groups in total. The lowest BCUT2D eigenvalue weighted by molar-refractivity contribution is -0.134. The van der Waals surface area contributed by atoms with Gasteiger partial charge in [-0.05, 0) is 82.1 Å². The van der Waals surface area contributed by atoms with E-state index >= 15 is 0 Å². The van der Waals surface area contributed by atoms with Crippen molar-refractivity contribution in [3.05, 3.63) is 0 Å². The van der Waals surface area contributed by atoms with Gasteiger partial charge in [0, 0.05) is 39.3 Å². The van der Waals surface area contributed by atoms with Crippen LogP contribution in [0.1, 0.15) is 51.9 Å². The fourth-order valence-electron chi connectivity index (χ4n) is 7.04. The second kappa shape index (κ2) is 9.03. The van der Waals surface area contributed by atoms with Crippen LogP contribution in [0.15, 0.2) is 0 Å². The summed E-state index contributed by atoms with van der Waals surface area (Å²) < 4.78 is 0. The van der Waals surface area contributed by atoms with Crippen LogP contribution in [0, 0.1) is 23.2 Å². The number of amides is 3. The summed E-state index contributed by atoms with van der Waals surface area (Å²) in [7, 11) is 2.06. The van der Waals surface area contributed by atoms with E-state index in [2.05, 4.69) is 17.3 Å². The highest BCUT2D eigenvalue weighted by molar-refractivity contribution is 5.86. The number of likely N-dealkylation sites (N-methyl/N-ethyl adjacent to an activating group) is 1. The summed E-state index contributed by atoms with van der Waals surface area (Å²) in [5, 5.41) is 12.4. The van der Waals surface area contributed by atoms with E-state index in [1.54, 1.807) is 11.8 Å². The van der Waals surface area contributed by atoms with Gasteiger partial charge in [-0.25, -0.2) is 4.79 Å². The molecule has 30 heavy (non-hydrogen) atoms. The smallest absolute Gasteiger partial charge is 0.318 e. The Hall–Kier alpha value is -1.34. The van der Waals surface area contributed by atoms with E-state index in [-0.39, 0.29) is 18.5 Å². The van der Waals surface area contributed by atoms with E-state index in [1.165, 1.54) is 38.5 Å². The Morgan fingerprint density at radius 1 is 1.03 bits per heavy atom. The van der Waals surface area contributed by atoms with Gasteiger partial charge in [-0.3, -0.25) is 4.79 Å². The number of rotatable bonds is 7. The van der Waals surface area contributed by atoms with Gasteiger partial charge in [0.15, 0.2) is 0 Å². The second-order valence-electron chi connectivity index (χ2n) is 10.7. The first-order valence-corrected chi connectivity index (χ1v) is 12.0. The number of urea groups is 1. The molecule has 1 atom stereocenters. The molecule has 5 rings (SSSR count). The Labute approximate surface area is 181 Å². The molecule has 0 radical (unpaired) electrons. The van der Waals surface area contributed by atoms with Crippen molar-refractivity contribution >= 4 is 11.9 Å². The van der Waals surface area contributed by atoms with E-state index in [1.807, 2.05) is 4.90 Å². The minimum absolute atomic E-state index is 0.0125. The van der Waals surface area contributed by atoms with Gasteiger partial charge in [-0.2, -0.15) is 0 Å². The fraction of sp³-hybridized carbons (Fsp3) is 0.913. The van der Waals surface area contributed by atoms with Gasteiger partial charge < -0.3 is 25.1 Å². The maximum absolute atomic E-state index is 12.9. The molecule has 5 fully saturated rings. The monoisotopic (exact) mass is 420 g/mol. The Morgan fingerprint density at radius 3 is 2.13 bits per heavy atom. The van der Waals surface area contributed by atoms with Gasteiger partial charge in [0.25, 0.3) is 0 Å². The first-order valence-electron chi connectivity index (χ1n) is 12.0. The lowest BCUT2D eigenvalue weighted by Gasteiger charge is -2.57. The summed E-state index contributed by atoms with van der Waals surface area (Å²) in [4.78, 5) is 31.4. The fourth-order valence-corrected chi connectivity index (χ4v) is 7.04. The molecule has 0 spiro atoms. The van der Waals surface area contributed by atoms with Crippen molar-refractivity contribution in [3.63, 3.8) is 0 Å². The van der Waals surface area contributed by atoms with E-state index in [9.17, 15) is 14.7 Å². The molecule has 170 valence electrons. The molecule has 4 bridgehead atoms. The van der Waals surface area contributed by atoms with Crippen molar-refractivity contribution in [2.45, 2.75) is 57.9 Å². The van der Waals surface area contributed by atoms with Crippen LogP contribution < -0.4 is 5.32 Å². The third-order valence-electron chi connectivity index (χ3n) is 8.26. The van der Waals surface area contributed by atoms with Crippen molar-refractivity contribution in [2.24, 2.45) is 23.2 Å². The van der Waals surface area contributed by atoms with Crippen LogP contribution in [0.4, 0.5) is 4.79 Å². The van der Waals surface area contributed by atoms with Crippen LogP contribution in [-0.4, -0.2) is 90.7 Å². The molecule has 5 aliphatic rings. The standard InChI is InChI=1S/C23H40N4O3/c1-17(21(29)26-7-5-25(2)6-8-26)24-22(30)27(9-10-28)4-3-23-14-18-11-19(15-23)13-20(12-18)16-23/h17-20,28H,3-16H2,1-2H3,(H,24,30)/t17-,18?,19?,20?,23?/m0/s1. The van der Waals surface area contributed by atoms with Gasteiger partial charge in [-0.15, -0.1) is 0 Å². The van der Waals surface area contributed by atoms with Crippen molar-refractivity contribution < 1.29 is 14.7 Å². The van der Waals surface area contributed by atoms with E-state index < -0.39 is 6.04 Å². The number of nitrogens with zero attached hydrogens (tertiary/aromatic N) is 3. The van der Waals surface area contributed by atoms with Crippen LogP contribution in [0.5, 0.6) is 0 Å². The predicted octanol–water partition coefficient (Wildman–Crippen LogP) is 1.76. The highest BCUT2D eigenvalue weighted by Crippen LogP contribution is 2.61. The first-order chi connectivity index (χ1) is 14.4. The lowest BCUT2D eigenvalue weighted by Crippen LogP contribution is -2.55. The SMILES string of the molecule is C[C@H](NC(=O)N(CCO)CCC12CC3CC(CC(C3)C1)C2)C(=O)N1CCN(C)CC1. The molecule has 4 saturated carbocycles. The number of nitrogens with one attached hydrogen (secondary N) is 1. The Bertz CT molecular complexity index is 597. The Balaban J connectivity index is 1.30. The maximum atomic E-state index is 12.9. The number of carbonyl (C=O) groups excluding carboxylic acids is 2. The number of hydrogen-bond donors (Lipinski definition) is 2. The second-order valence-corrected chi connectivity index (χ2v) is 10.7. The van der Waals surface area contributed by atoms with E-state index in [0.717, 1.165) is 37.3 Å². The zero-order valence-corrected chi connectivity index (χ0v) is 18.8. The average Bonchev–Trinajstić information content (AvgIpc) is 2.70. The largest absolute Gasteiger partial charge is 0.395 e. The topological polar surface area (TPSA) is 76.1 Å². The highest BCUT2D eigenvalue weighted by Gasteiger charge is 2.50. The molecule has 0 unspecified atom stereocenters. The lowest BCUT2D eigenvalue weighted by atomic mass is 9.49. The normalized spacial score (nSPS) is 34.1. The summed E-state index contributed by atoms with van der Waals surface area (Å²) in [5.41, 5.74) is 0.407. The molecule has 4 aliphatic carbocycles. The van der Waals surface area contributed by atoms with Crippen molar-refractivity contribution in [1.29, 1.82) is 0 Å². The molecule has 1 saturated heterocycles. The maximum Gasteiger partial charge on any atom is 0.318 e. The molecule has 1 heterocycles. The molecule has 0 aromatic carbocycles. The molecule has 7 heteroatoms. The molecular formula is C23H40N4O3. The van der Waals surface area contributed by atoms with E-state index in [4.69, 9.17) is 0 Å². The van der Waals surface area contributed by atoms with Gasteiger partial charge >= 0.3 is 6.03 Å². The molecule has 0 aromatic rings. The minimum Gasteiger partial charge on any atom is -0.395 e. The average molecular weight is 421 g/mol. The molecule has 7 nitrogen and oxygen atoms in total. The predicted molar refractivity (Wildman–Crippen MR) is 116 cm³/mol. The molecular weight excluding hydrogens is 380 g/mol. The van der Waals surface area contributed by atoms with Crippen LogP contribution >= 0.6 is 0 Å². The summed E-state index contributed by atoms with van der Waals surface area (Å²) in [6.07, 6.45) is 9.28. The van der Waals surface area contributed by atoms with Gasteiger partial charge in [0.05, 0.1) is 6.61 Å². The highest BCUT2D eigenvalue weighted by atomic mass is 16.3. The third kappa shape index (κ3) is 4.77. The number of hydrogen-bond acceptors (Lipinski definition) is 4. The van der Waals surface area contributed by atoms with Crippen LogP contribution in [0.2, 0.25) is 0 Å². The zero-order valence-electron chi connectivity index (χ0n) is 18.8. The Morgan fingerprint density at radius 2 is 1.60 bits per heavy atom. The molecule has 0 aromatic heterocycles. The summed E-state index contributed by atoms with van der Waals surface area (Å²) in [5.74, 6) is 2.69. The molecule has 1 aliphatic heterocycles. The number of aliphatic hydroxyl groups excluding tert-OH is 1. The van der Waals surface area contributed by atoms with Crippen LogP contribution in [0.25, 0.3) is 0 Å². The molecule has 3 amide bonds. The quantitative estimate of drug-likeness (QED) is 0.658. The van der Waals surface area contributed by atoms with Gasteiger partial charge in [0.1, 0.15) is 6.04 Å². The zero-order chi connectivity index (χ0) is 21.3.